The number of alkyl halides is 6. The summed E-state index contributed by atoms with van der Waals surface area (Å²) < 4.78 is 83.8. The van der Waals surface area contributed by atoms with E-state index in [9.17, 15) is 41.0 Å². The van der Waals surface area contributed by atoms with Crippen molar-refractivity contribution in [2.45, 2.75) is 44.9 Å². The van der Waals surface area contributed by atoms with Crippen LogP contribution >= 0.6 is 0 Å². The summed E-state index contributed by atoms with van der Waals surface area (Å²) in [5.74, 6) is -0.423. The Morgan fingerprint density at radius 2 is 1.50 bits per heavy atom. The number of rotatable bonds is 8. The minimum atomic E-state index is -4.52. The molecule has 0 bridgehead atoms. The van der Waals surface area contributed by atoms with Crippen molar-refractivity contribution in [3.05, 3.63) is 89.0 Å². The van der Waals surface area contributed by atoms with Crippen molar-refractivity contribution >= 4 is 23.3 Å². The molecule has 0 saturated heterocycles. The normalized spacial score (nSPS) is 17.9. The second-order valence-corrected chi connectivity index (χ2v) is 11.4. The Balaban J connectivity index is 1.51. The zero-order chi connectivity index (χ0) is 33.8. The average molecular weight is 653 g/mol. The van der Waals surface area contributed by atoms with E-state index in [1.807, 2.05) is 11.8 Å². The average Bonchev–Trinajstić information content (AvgIpc) is 2.98. The van der Waals surface area contributed by atoms with Crippen LogP contribution < -0.4 is 15.4 Å². The predicted octanol–water partition coefficient (Wildman–Crippen LogP) is 6.72. The van der Waals surface area contributed by atoms with Crippen LogP contribution in [0.15, 0.2) is 66.7 Å². The highest BCUT2D eigenvalue weighted by Crippen LogP contribution is 2.33. The minimum Gasteiger partial charge on any atom is -0.488 e. The number of halogens is 6. The van der Waals surface area contributed by atoms with Crippen LogP contribution in [0, 0.1) is 5.92 Å². The summed E-state index contributed by atoms with van der Waals surface area (Å²) in [5.41, 5.74) is -0.474. The number of nitrogens with one attached hydrogen (secondary N) is 2. The lowest BCUT2D eigenvalue weighted by atomic mass is 9.99. The molecular formula is C32H34F6N4O4. The number of hydrogen-bond donors (Lipinski definition) is 3. The van der Waals surface area contributed by atoms with Gasteiger partial charge in [0.15, 0.2) is 0 Å². The molecule has 8 nitrogen and oxygen atoms in total. The molecule has 1 heterocycles. The zero-order valence-electron chi connectivity index (χ0n) is 25.2. The number of carbonyl (C=O) groups excluding carboxylic acids is 2. The number of anilines is 2. The molecule has 0 aromatic heterocycles. The van der Waals surface area contributed by atoms with Crippen molar-refractivity contribution in [1.29, 1.82) is 0 Å². The molecule has 0 unspecified atom stereocenters. The Bertz CT molecular complexity index is 1510. The van der Waals surface area contributed by atoms with Gasteiger partial charge >= 0.3 is 18.4 Å². The molecule has 0 fully saturated rings. The maximum atomic E-state index is 13.7. The maximum absolute atomic E-state index is 13.7. The monoisotopic (exact) mass is 652 g/mol. The lowest BCUT2D eigenvalue weighted by Gasteiger charge is -2.38. The first-order valence-electron chi connectivity index (χ1n) is 14.4. The lowest BCUT2D eigenvalue weighted by molar-refractivity contribution is -0.138. The van der Waals surface area contributed by atoms with E-state index in [0.29, 0.717) is 18.7 Å². The lowest BCUT2D eigenvalue weighted by Crippen LogP contribution is -2.49. The number of aliphatic hydroxyl groups is 1. The van der Waals surface area contributed by atoms with E-state index in [1.54, 1.807) is 14.0 Å². The number of fused-ring (bicyclic) bond motifs is 1. The SMILES string of the molecule is C[C@@H]1CN([C@@H](C)CO)C(=O)c2cc(NC(=O)Nc3ccc(C(F)(F)F)cc3)ccc2O[C@H]1CN(C)Cc1ccc(C(F)(F)F)cc1. The fraction of sp³-hybridized carbons (Fsp3) is 0.375. The number of benzene rings is 3. The first-order chi connectivity index (χ1) is 21.5. The number of ether oxygens (including phenoxy) is 1. The van der Waals surface area contributed by atoms with Crippen molar-refractivity contribution in [3.8, 4) is 5.75 Å². The fourth-order valence-electron chi connectivity index (χ4n) is 5.04. The van der Waals surface area contributed by atoms with Crippen molar-refractivity contribution in [2.75, 3.05) is 37.4 Å². The standard InChI is InChI=1S/C32H34F6N4O4/c1-19-15-42(20(2)18-43)29(44)26-14-25(40-30(45)39-24-10-8-23(9-11-24)32(36,37)38)12-13-27(26)46-28(19)17-41(3)16-21-4-6-22(7-5-21)31(33,34)35/h4-14,19-20,28,43H,15-18H2,1-3H3,(H2,39,40,45)/t19-,20+,28+/m1/s1. The Kier molecular flexibility index (Phi) is 10.5. The number of amides is 3. The minimum absolute atomic E-state index is 0.120. The first-order valence-corrected chi connectivity index (χ1v) is 14.4. The van der Waals surface area contributed by atoms with Gasteiger partial charge < -0.3 is 25.4 Å². The maximum Gasteiger partial charge on any atom is 0.416 e. The van der Waals surface area contributed by atoms with E-state index in [2.05, 4.69) is 10.6 Å². The highest BCUT2D eigenvalue weighted by atomic mass is 19.4. The van der Waals surface area contributed by atoms with Gasteiger partial charge in [-0.1, -0.05) is 19.1 Å². The molecule has 3 aromatic carbocycles. The van der Waals surface area contributed by atoms with Crippen molar-refractivity contribution < 1.29 is 45.8 Å². The van der Waals surface area contributed by atoms with Crippen LogP contribution in [0.25, 0.3) is 0 Å². The second-order valence-electron chi connectivity index (χ2n) is 11.4. The number of hydrogen-bond acceptors (Lipinski definition) is 5. The van der Waals surface area contributed by atoms with Gasteiger partial charge in [0.05, 0.1) is 29.3 Å². The van der Waals surface area contributed by atoms with E-state index in [0.717, 1.165) is 36.4 Å². The molecule has 3 N–H and O–H groups in total. The van der Waals surface area contributed by atoms with Gasteiger partial charge in [0.25, 0.3) is 5.91 Å². The molecule has 1 aliphatic heterocycles. The quantitative estimate of drug-likeness (QED) is 0.235. The molecule has 46 heavy (non-hydrogen) atoms. The third-order valence-corrected chi connectivity index (χ3v) is 7.62. The largest absolute Gasteiger partial charge is 0.488 e. The summed E-state index contributed by atoms with van der Waals surface area (Å²) in [6.07, 6.45) is -9.42. The van der Waals surface area contributed by atoms with Gasteiger partial charge in [0, 0.05) is 36.9 Å². The first kappa shape index (κ1) is 34.6. The van der Waals surface area contributed by atoms with Crippen molar-refractivity contribution in [1.82, 2.24) is 9.80 Å². The molecule has 0 radical (unpaired) electrons. The number of aliphatic hydroxyl groups excluding tert-OH is 1. The van der Waals surface area contributed by atoms with E-state index in [1.165, 1.54) is 35.2 Å². The van der Waals surface area contributed by atoms with Crippen molar-refractivity contribution in [3.63, 3.8) is 0 Å². The number of carbonyl (C=O) groups is 2. The van der Waals surface area contributed by atoms with Gasteiger partial charge in [-0.2, -0.15) is 26.3 Å². The molecule has 0 aliphatic carbocycles. The number of nitrogens with zero attached hydrogens (tertiary/aromatic N) is 2. The molecule has 248 valence electrons. The Hall–Kier alpha value is -4.30. The van der Waals surface area contributed by atoms with Gasteiger partial charge in [-0.25, -0.2) is 4.79 Å². The van der Waals surface area contributed by atoms with Crippen LogP contribution in [0.1, 0.15) is 40.9 Å². The van der Waals surface area contributed by atoms with E-state index in [4.69, 9.17) is 4.74 Å². The summed E-state index contributed by atoms with van der Waals surface area (Å²) in [4.78, 5) is 29.7. The van der Waals surface area contributed by atoms with Gasteiger partial charge in [-0.15, -0.1) is 0 Å². The van der Waals surface area contributed by atoms with E-state index < -0.39 is 47.6 Å². The Morgan fingerprint density at radius 1 is 0.957 bits per heavy atom. The summed E-state index contributed by atoms with van der Waals surface area (Å²) in [6.45, 7) is 4.20. The highest BCUT2D eigenvalue weighted by molar-refractivity contribution is 6.02. The molecule has 4 rings (SSSR count). The molecule has 3 atom stereocenters. The third kappa shape index (κ3) is 8.69. The summed E-state index contributed by atoms with van der Waals surface area (Å²) in [7, 11) is 1.80. The van der Waals surface area contributed by atoms with E-state index >= 15 is 0 Å². The van der Waals surface area contributed by atoms with E-state index in [-0.39, 0.29) is 41.8 Å². The molecule has 1 aliphatic rings. The van der Waals surface area contributed by atoms with Gasteiger partial charge in [0.1, 0.15) is 11.9 Å². The molecule has 0 saturated carbocycles. The fourth-order valence-corrected chi connectivity index (χ4v) is 5.04. The van der Waals surface area contributed by atoms with Gasteiger partial charge in [-0.3, -0.25) is 9.69 Å². The topological polar surface area (TPSA) is 94.1 Å². The smallest absolute Gasteiger partial charge is 0.416 e. The van der Waals surface area contributed by atoms with Crippen molar-refractivity contribution in [2.24, 2.45) is 5.92 Å². The molecule has 0 spiro atoms. The Morgan fingerprint density at radius 3 is 2.07 bits per heavy atom. The predicted molar refractivity (Wildman–Crippen MR) is 159 cm³/mol. The van der Waals surface area contributed by atoms with Gasteiger partial charge in [-0.05, 0) is 74.1 Å². The number of likely N-dealkylation sites (N-methyl/N-ethyl adjacent to an activating group) is 1. The van der Waals surface area contributed by atoms with Crippen LogP contribution in [0.5, 0.6) is 5.75 Å². The molecule has 3 amide bonds. The summed E-state index contributed by atoms with van der Waals surface area (Å²) >= 11 is 0. The Labute approximate surface area is 261 Å². The molecular weight excluding hydrogens is 618 g/mol. The van der Waals surface area contributed by atoms with Crippen LogP contribution in [0.3, 0.4) is 0 Å². The zero-order valence-corrected chi connectivity index (χ0v) is 25.2. The van der Waals surface area contributed by atoms with Gasteiger partial charge in [0.2, 0.25) is 0 Å². The second kappa shape index (κ2) is 14.0. The third-order valence-electron chi connectivity index (χ3n) is 7.62. The summed E-state index contributed by atoms with van der Waals surface area (Å²) in [6, 6.07) is 11.9. The number of urea groups is 1. The molecule has 3 aromatic rings. The van der Waals surface area contributed by atoms with Crippen LogP contribution in [0.2, 0.25) is 0 Å². The van der Waals surface area contributed by atoms with Crippen LogP contribution in [-0.4, -0.2) is 65.7 Å². The van der Waals surface area contributed by atoms with Crippen LogP contribution in [-0.2, 0) is 18.9 Å². The van der Waals surface area contributed by atoms with Crippen LogP contribution in [0.4, 0.5) is 42.5 Å². The summed E-state index contributed by atoms with van der Waals surface area (Å²) in [5, 5.41) is 14.9. The highest BCUT2D eigenvalue weighted by Gasteiger charge is 2.34. The molecule has 14 heteroatoms.